The van der Waals surface area contributed by atoms with Crippen molar-refractivity contribution < 1.29 is 4.79 Å². The summed E-state index contributed by atoms with van der Waals surface area (Å²) in [5.41, 5.74) is 0.560. The first kappa shape index (κ1) is 16.3. The molecule has 3 heterocycles. The number of hydrogen-bond donors (Lipinski definition) is 1. The van der Waals surface area contributed by atoms with Crippen molar-refractivity contribution in [3.05, 3.63) is 40.3 Å². The van der Waals surface area contributed by atoms with Crippen LogP contribution in [0.4, 0.5) is 0 Å². The smallest absolute Gasteiger partial charge is 0.275 e. The standard InChI is InChI=1S/C19H24N4O2/c1-13-14-6-2-3-7-15(14)19(25)23(21-13)12-18(24)20-16-9-11-22-10-5-4-8-17(16)22/h2-3,6-7,16-17H,4-5,8-12H2,1H3,(H,20,24). The third-order valence-electron chi connectivity index (χ3n) is 5.55. The lowest BCUT2D eigenvalue weighted by atomic mass is 9.99. The molecule has 2 fully saturated rings. The van der Waals surface area contributed by atoms with Crippen LogP contribution in [-0.4, -0.2) is 45.8 Å². The summed E-state index contributed by atoms with van der Waals surface area (Å²) in [5, 5.41) is 8.93. The Morgan fingerprint density at radius 1 is 1.20 bits per heavy atom. The van der Waals surface area contributed by atoms with Gasteiger partial charge in [-0.1, -0.05) is 24.6 Å². The maximum atomic E-state index is 12.6. The number of aromatic nitrogens is 2. The van der Waals surface area contributed by atoms with Crippen LogP contribution in [-0.2, 0) is 11.3 Å². The summed E-state index contributed by atoms with van der Waals surface area (Å²) in [7, 11) is 0. The van der Waals surface area contributed by atoms with Gasteiger partial charge in [-0.05, 0) is 38.8 Å². The number of carbonyl (C=O) groups is 1. The van der Waals surface area contributed by atoms with Crippen molar-refractivity contribution in [2.24, 2.45) is 0 Å². The number of fused-ring (bicyclic) bond motifs is 2. The van der Waals surface area contributed by atoms with Crippen LogP contribution in [0, 0.1) is 6.92 Å². The van der Waals surface area contributed by atoms with E-state index >= 15 is 0 Å². The van der Waals surface area contributed by atoms with Gasteiger partial charge in [-0.25, -0.2) is 4.68 Å². The number of hydrogen-bond acceptors (Lipinski definition) is 4. The van der Waals surface area contributed by atoms with Gasteiger partial charge < -0.3 is 5.32 Å². The number of benzene rings is 1. The summed E-state index contributed by atoms with van der Waals surface area (Å²) >= 11 is 0. The first-order valence-corrected chi connectivity index (χ1v) is 9.13. The average Bonchev–Trinajstić information content (AvgIpc) is 3.02. The Balaban J connectivity index is 1.50. The van der Waals surface area contributed by atoms with E-state index in [1.165, 1.54) is 17.5 Å². The monoisotopic (exact) mass is 340 g/mol. The Morgan fingerprint density at radius 3 is 2.84 bits per heavy atom. The largest absolute Gasteiger partial charge is 0.350 e. The summed E-state index contributed by atoms with van der Waals surface area (Å²) in [6, 6.07) is 8.07. The second-order valence-corrected chi connectivity index (χ2v) is 7.16. The predicted molar refractivity (Wildman–Crippen MR) is 96.5 cm³/mol. The Labute approximate surface area is 146 Å². The van der Waals surface area contributed by atoms with Gasteiger partial charge in [0.15, 0.2) is 0 Å². The molecule has 6 nitrogen and oxygen atoms in total. The fraction of sp³-hybridized carbons (Fsp3) is 0.526. The molecule has 2 aliphatic rings. The summed E-state index contributed by atoms with van der Waals surface area (Å²) in [6.07, 6.45) is 4.64. The van der Waals surface area contributed by atoms with Gasteiger partial charge in [0.2, 0.25) is 5.91 Å². The number of nitrogens with one attached hydrogen (secondary N) is 1. The van der Waals surface area contributed by atoms with Crippen molar-refractivity contribution in [1.29, 1.82) is 0 Å². The SMILES string of the molecule is Cc1nn(CC(=O)NC2CCN3CCCCC23)c(=O)c2ccccc12. The summed E-state index contributed by atoms with van der Waals surface area (Å²) < 4.78 is 1.29. The van der Waals surface area contributed by atoms with Crippen LogP contribution in [0.25, 0.3) is 10.8 Å². The van der Waals surface area contributed by atoms with Crippen LogP contribution >= 0.6 is 0 Å². The second-order valence-electron chi connectivity index (χ2n) is 7.16. The fourth-order valence-electron chi connectivity index (χ4n) is 4.32. The number of aryl methyl sites for hydroxylation is 1. The molecule has 2 unspecified atom stereocenters. The van der Waals surface area contributed by atoms with E-state index in [-0.39, 0.29) is 24.1 Å². The van der Waals surface area contributed by atoms with Crippen LogP contribution in [0.2, 0.25) is 0 Å². The van der Waals surface area contributed by atoms with Crippen LogP contribution in [0.15, 0.2) is 29.1 Å². The van der Waals surface area contributed by atoms with Gasteiger partial charge in [-0.15, -0.1) is 0 Å². The highest BCUT2D eigenvalue weighted by Gasteiger charge is 2.36. The highest BCUT2D eigenvalue weighted by molar-refractivity contribution is 5.83. The van der Waals surface area contributed by atoms with Gasteiger partial charge in [0.25, 0.3) is 5.56 Å². The topological polar surface area (TPSA) is 67.2 Å². The molecule has 25 heavy (non-hydrogen) atoms. The van der Waals surface area contributed by atoms with E-state index in [0.29, 0.717) is 11.4 Å². The maximum Gasteiger partial charge on any atom is 0.275 e. The fourth-order valence-corrected chi connectivity index (χ4v) is 4.32. The Morgan fingerprint density at radius 2 is 2.00 bits per heavy atom. The van der Waals surface area contributed by atoms with Gasteiger partial charge >= 0.3 is 0 Å². The molecule has 2 aliphatic heterocycles. The van der Waals surface area contributed by atoms with Crippen molar-refractivity contribution in [1.82, 2.24) is 20.0 Å². The first-order valence-electron chi connectivity index (χ1n) is 9.13. The summed E-state index contributed by atoms with van der Waals surface area (Å²) in [6.45, 7) is 4.05. The average molecular weight is 340 g/mol. The molecule has 132 valence electrons. The maximum absolute atomic E-state index is 12.6. The molecule has 0 spiro atoms. The quantitative estimate of drug-likeness (QED) is 0.918. The molecule has 1 N–H and O–H groups in total. The highest BCUT2D eigenvalue weighted by atomic mass is 16.2. The molecule has 0 bridgehead atoms. The van der Waals surface area contributed by atoms with E-state index in [9.17, 15) is 9.59 Å². The minimum atomic E-state index is -0.206. The molecule has 1 aromatic carbocycles. The minimum absolute atomic E-state index is 0.0201. The van der Waals surface area contributed by atoms with Crippen LogP contribution in [0.5, 0.6) is 0 Å². The van der Waals surface area contributed by atoms with E-state index in [1.807, 2.05) is 25.1 Å². The number of piperidine rings is 1. The Bertz CT molecular complexity index is 860. The Hall–Kier alpha value is -2.21. The summed E-state index contributed by atoms with van der Waals surface area (Å²) in [4.78, 5) is 27.6. The molecule has 4 rings (SSSR count). The van der Waals surface area contributed by atoms with Crippen molar-refractivity contribution in [3.8, 4) is 0 Å². The zero-order chi connectivity index (χ0) is 17.4. The molecule has 2 aromatic rings. The number of nitrogens with zero attached hydrogens (tertiary/aromatic N) is 3. The van der Waals surface area contributed by atoms with E-state index in [0.717, 1.165) is 37.0 Å². The molecule has 6 heteroatoms. The third-order valence-corrected chi connectivity index (χ3v) is 5.55. The zero-order valence-corrected chi connectivity index (χ0v) is 14.6. The number of carbonyl (C=O) groups excluding carboxylic acids is 1. The van der Waals surface area contributed by atoms with Crippen LogP contribution < -0.4 is 10.9 Å². The highest BCUT2D eigenvalue weighted by Crippen LogP contribution is 2.27. The number of rotatable bonds is 3. The van der Waals surface area contributed by atoms with Gasteiger partial charge in [0.05, 0.1) is 11.1 Å². The normalized spacial score (nSPS) is 23.6. The van der Waals surface area contributed by atoms with E-state index in [2.05, 4.69) is 15.3 Å². The third kappa shape index (κ3) is 3.06. The lowest BCUT2D eigenvalue weighted by molar-refractivity contribution is -0.122. The van der Waals surface area contributed by atoms with Crippen molar-refractivity contribution in [3.63, 3.8) is 0 Å². The molecular weight excluding hydrogens is 316 g/mol. The lowest BCUT2D eigenvalue weighted by Crippen LogP contribution is -2.48. The lowest BCUT2D eigenvalue weighted by Gasteiger charge is -2.32. The minimum Gasteiger partial charge on any atom is -0.350 e. The molecule has 0 aliphatic carbocycles. The predicted octanol–water partition coefficient (Wildman–Crippen LogP) is 1.45. The summed E-state index contributed by atoms with van der Waals surface area (Å²) in [5.74, 6) is -0.123. The van der Waals surface area contributed by atoms with E-state index < -0.39 is 0 Å². The van der Waals surface area contributed by atoms with Crippen molar-refractivity contribution in [2.45, 2.75) is 51.2 Å². The van der Waals surface area contributed by atoms with Crippen LogP contribution in [0.3, 0.4) is 0 Å². The molecule has 1 amide bonds. The van der Waals surface area contributed by atoms with Crippen molar-refractivity contribution >= 4 is 16.7 Å². The van der Waals surface area contributed by atoms with Gasteiger partial charge in [0.1, 0.15) is 6.54 Å². The molecular formula is C19H24N4O2. The molecule has 0 saturated carbocycles. The van der Waals surface area contributed by atoms with E-state index in [4.69, 9.17) is 0 Å². The molecule has 0 radical (unpaired) electrons. The number of amides is 1. The van der Waals surface area contributed by atoms with Crippen molar-refractivity contribution in [2.75, 3.05) is 13.1 Å². The zero-order valence-electron chi connectivity index (χ0n) is 14.6. The second kappa shape index (κ2) is 6.59. The molecule has 2 atom stereocenters. The van der Waals surface area contributed by atoms with Gasteiger partial charge in [-0.3, -0.25) is 14.5 Å². The van der Waals surface area contributed by atoms with Crippen LogP contribution in [0.1, 0.15) is 31.4 Å². The van der Waals surface area contributed by atoms with Gasteiger partial charge in [-0.2, -0.15) is 5.10 Å². The molecule has 2 saturated heterocycles. The first-order chi connectivity index (χ1) is 12.1. The molecule has 1 aromatic heterocycles. The Kier molecular flexibility index (Phi) is 4.29. The van der Waals surface area contributed by atoms with Gasteiger partial charge in [0, 0.05) is 24.0 Å². The van der Waals surface area contributed by atoms with E-state index in [1.54, 1.807) is 6.07 Å².